The molecule has 0 amide bonds. The first-order valence-corrected chi connectivity index (χ1v) is 2.80. The molecular formula is C5H6F4O3. The summed E-state index contributed by atoms with van der Waals surface area (Å²) < 4.78 is 46.8. The molecule has 3 nitrogen and oxygen atoms in total. The minimum Gasteiger partial charge on any atom is -0.481 e. The van der Waals surface area contributed by atoms with Gasteiger partial charge in [0.2, 0.25) is 0 Å². The summed E-state index contributed by atoms with van der Waals surface area (Å²) in [4.78, 5) is 9.79. The van der Waals surface area contributed by atoms with E-state index in [4.69, 9.17) is 10.2 Å². The number of aliphatic hydroxyl groups is 1. The van der Waals surface area contributed by atoms with Crippen LogP contribution < -0.4 is 0 Å². The quantitative estimate of drug-likeness (QED) is 0.645. The van der Waals surface area contributed by atoms with Crippen molar-refractivity contribution >= 4 is 5.97 Å². The molecule has 0 saturated heterocycles. The Morgan fingerprint density at radius 1 is 1.33 bits per heavy atom. The van der Waals surface area contributed by atoms with E-state index in [2.05, 4.69) is 0 Å². The van der Waals surface area contributed by atoms with E-state index in [1.807, 2.05) is 0 Å². The molecule has 0 rings (SSSR count). The molecule has 0 radical (unpaired) electrons. The number of carboxylic acids is 1. The number of aliphatic carboxylic acids is 1. The first-order chi connectivity index (χ1) is 5.23. The maximum absolute atomic E-state index is 11.7. The zero-order valence-electron chi connectivity index (χ0n) is 5.73. The Hall–Kier alpha value is -0.850. The molecule has 0 aliphatic carbocycles. The maximum atomic E-state index is 11.7. The standard InChI is InChI=1S/C5H6F4O3/c6-2-4(12,1-3(10)11)5(7,8)9/h12H,1-2H2,(H,10,11). The summed E-state index contributed by atoms with van der Waals surface area (Å²) in [6.07, 6.45) is -6.95. The Bertz CT molecular complexity index is 178. The molecule has 0 heterocycles. The van der Waals surface area contributed by atoms with Gasteiger partial charge in [-0.3, -0.25) is 4.79 Å². The van der Waals surface area contributed by atoms with Gasteiger partial charge in [-0.15, -0.1) is 0 Å². The summed E-state index contributed by atoms with van der Waals surface area (Å²) >= 11 is 0. The topological polar surface area (TPSA) is 57.5 Å². The Labute approximate surface area is 64.6 Å². The molecule has 1 atom stereocenters. The highest BCUT2D eigenvalue weighted by molar-refractivity contribution is 5.68. The van der Waals surface area contributed by atoms with Gasteiger partial charge >= 0.3 is 12.1 Å². The van der Waals surface area contributed by atoms with Gasteiger partial charge in [-0.1, -0.05) is 0 Å². The molecule has 1 unspecified atom stereocenters. The molecule has 0 aromatic rings. The molecule has 0 fully saturated rings. The molecule has 0 saturated carbocycles. The average molecular weight is 190 g/mol. The lowest BCUT2D eigenvalue weighted by atomic mass is 10.0. The Balaban J connectivity index is 4.56. The van der Waals surface area contributed by atoms with Gasteiger partial charge in [0.15, 0.2) is 5.60 Å². The smallest absolute Gasteiger partial charge is 0.420 e. The second kappa shape index (κ2) is 3.26. The van der Waals surface area contributed by atoms with Crippen LogP contribution in [0.25, 0.3) is 0 Å². The fourth-order valence-electron chi connectivity index (χ4n) is 0.473. The van der Waals surface area contributed by atoms with Gasteiger partial charge < -0.3 is 10.2 Å². The Morgan fingerprint density at radius 3 is 1.83 bits per heavy atom. The molecule has 0 aromatic heterocycles. The van der Waals surface area contributed by atoms with Crippen LogP contribution in [0.4, 0.5) is 17.6 Å². The second-order valence-electron chi connectivity index (χ2n) is 2.23. The number of carboxylic acid groups (broad SMARTS) is 1. The number of rotatable bonds is 3. The SMILES string of the molecule is O=C(O)CC(O)(CF)C(F)(F)F. The van der Waals surface area contributed by atoms with Crippen LogP contribution in [0.5, 0.6) is 0 Å². The van der Waals surface area contributed by atoms with Gasteiger partial charge in [-0.2, -0.15) is 13.2 Å². The first-order valence-electron chi connectivity index (χ1n) is 2.80. The van der Waals surface area contributed by atoms with E-state index >= 15 is 0 Å². The molecule has 12 heavy (non-hydrogen) atoms. The van der Waals surface area contributed by atoms with E-state index in [9.17, 15) is 22.4 Å². The van der Waals surface area contributed by atoms with Crippen LogP contribution in [0, 0.1) is 0 Å². The summed E-state index contributed by atoms with van der Waals surface area (Å²) in [5.41, 5.74) is -3.77. The van der Waals surface area contributed by atoms with Crippen LogP contribution in [-0.2, 0) is 4.79 Å². The van der Waals surface area contributed by atoms with Gasteiger partial charge in [0.1, 0.15) is 6.67 Å². The van der Waals surface area contributed by atoms with E-state index in [1.165, 1.54) is 0 Å². The second-order valence-corrected chi connectivity index (χ2v) is 2.23. The van der Waals surface area contributed by atoms with Crippen LogP contribution in [0.2, 0.25) is 0 Å². The average Bonchev–Trinajstić information content (AvgIpc) is 1.83. The first kappa shape index (κ1) is 11.2. The van der Waals surface area contributed by atoms with Crippen molar-refractivity contribution in [2.75, 3.05) is 6.67 Å². The molecular weight excluding hydrogens is 184 g/mol. The van der Waals surface area contributed by atoms with Crippen molar-refractivity contribution in [3.05, 3.63) is 0 Å². The van der Waals surface area contributed by atoms with Gasteiger partial charge in [0.05, 0.1) is 6.42 Å². The molecule has 0 bridgehead atoms. The van der Waals surface area contributed by atoms with Crippen molar-refractivity contribution in [2.45, 2.75) is 18.2 Å². The van der Waals surface area contributed by atoms with Gasteiger partial charge in [0.25, 0.3) is 0 Å². The number of carbonyl (C=O) groups is 1. The summed E-state index contributed by atoms with van der Waals surface area (Å²) in [6.45, 7) is -2.16. The fourth-order valence-corrected chi connectivity index (χ4v) is 0.473. The Kier molecular flexibility index (Phi) is 3.03. The summed E-state index contributed by atoms with van der Waals surface area (Å²) in [6, 6.07) is 0. The number of hydrogen-bond donors (Lipinski definition) is 2. The number of hydrogen-bond acceptors (Lipinski definition) is 2. The number of alkyl halides is 4. The molecule has 0 aromatic carbocycles. The molecule has 0 aliphatic rings. The van der Waals surface area contributed by atoms with E-state index in [0.29, 0.717) is 0 Å². The van der Waals surface area contributed by atoms with Crippen molar-refractivity contribution in [3.8, 4) is 0 Å². The van der Waals surface area contributed by atoms with Crippen LogP contribution in [0.15, 0.2) is 0 Å². The zero-order valence-corrected chi connectivity index (χ0v) is 5.73. The predicted molar refractivity (Wildman–Crippen MR) is 29.2 cm³/mol. The van der Waals surface area contributed by atoms with Gasteiger partial charge in [-0.25, -0.2) is 4.39 Å². The van der Waals surface area contributed by atoms with Crippen LogP contribution >= 0.6 is 0 Å². The van der Waals surface area contributed by atoms with E-state index in [0.717, 1.165) is 0 Å². The molecule has 72 valence electrons. The van der Waals surface area contributed by atoms with Gasteiger partial charge in [-0.05, 0) is 0 Å². The minimum atomic E-state index is -5.26. The third-order valence-electron chi connectivity index (χ3n) is 1.19. The highest BCUT2D eigenvalue weighted by Gasteiger charge is 2.55. The van der Waals surface area contributed by atoms with Crippen LogP contribution in [-0.4, -0.2) is 34.6 Å². The van der Waals surface area contributed by atoms with E-state index in [-0.39, 0.29) is 0 Å². The molecule has 7 heteroatoms. The minimum absolute atomic E-state index is 1.69. The maximum Gasteiger partial charge on any atom is 0.420 e. The van der Waals surface area contributed by atoms with Crippen molar-refractivity contribution in [3.63, 3.8) is 0 Å². The lowest BCUT2D eigenvalue weighted by Crippen LogP contribution is -2.48. The zero-order chi connectivity index (χ0) is 9.99. The third-order valence-corrected chi connectivity index (χ3v) is 1.19. The van der Waals surface area contributed by atoms with Crippen molar-refractivity contribution in [1.29, 1.82) is 0 Å². The molecule has 2 N–H and O–H groups in total. The van der Waals surface area contributed by atoms with Crippen LogP contribution in [0.1, 0.15) is 6.42 Å². The monoisotopic (exact) mass is 190 g/mol. The Morgan fingerprint density at radius 2 is 1.75 bits per heavy atom. The molecule has 0 aliphatic heterocycles. The van der Waals surface area contributed by atoms with E-state index < -0.39 is 30.8 Å². The van der Waals surface area contributed by atoms with Crippen LogP contribution in [0.3, 0.4) is 0 Å². The van der Waals surface area contributed by atoms with Crippen molar-refractivity contribution in [2.24, 2.45) is 0 Å². The third kappa shape index (κ3) is 2.33. The summed E-state index contributed by atoms with van der Waals surface area (Å²) in [5.74, 6) is -1.91. The molecule has 0 spiro atoms. The largest absolute Gasteiger partial charge is 0.481 e. The summed E-state index contributed by atoms with van der Waals surface area (Å²) in [7, 11) is 0. The number of halogens is 4. The van der Waals surface area contributed by atoms with Crippen molar-refractivity contribution < 1.29 is 32.6 Å². The normalized spacial score (nSPS) is 17.1. The lowest BCUT2D eigenvalue weighted by molar-refractivity contribution is -0.266. The van der Waals surface area contributed by atoms with E-state index in [1.54, 1.807) is 0 Å². The highest BCUT2D eigenvalue weighted by Crippen LogP contribution is 2.33. The van der Waals surface area contributed by atoms with Gasteiger partial charge in [0, 0.05) is 0 Å². The predicted octanol–water partition coefficient (Wildman–Crippen LogP) is 0.724. The highest BCUT2D eigenvalue weighted by atomic mass is 19.4. The van der Waals surface area contributed by atoms with Crippen molar-refractivity contribution in [1.82, 2.24) is 0 Å². The lowest BCUT2D eigenvalue weighted by Gasteiger charge is -2.25. The summed E-state index contributed by atoms with van der Waals surface area (Å²) in [5, 5.41) is 16.4. The fraction of sp³-hybridized carbons (Fsp3) is 0.800.